The van der Waals surface area contributed by atoms with E-state index in [1.807, 2.05) is 0 Å². The van der Waals surface area contributed by atoms with Crippen molar-refractivity contribution in [1.82, 2.24) is 0 Å². The summed E-state index contributed by atoms with van der Waals surface area (Å²) in [7, 11) is -25.4. The molecule has 0 saturated heterocycles. The van der Waals surface area contributed by atoms with Crippen LogP contribution in [0.1, 0.15) is 10.4 Å². The summed E-state index contributed by atoms with van der Waals surface area (Å²) in [6.07, 6.45) is 0. The van der Waals surface area contributed by atoms with Gasteiger partial charge in [0.15, 0.2) is 9.84 Å². The Bertz CT molecular complexity index is 2950. The van der Waals surface area contributed by atoms with Crippen LogP contribution in [-0.2, 0) is 54.8 Å². The number of phenolic OH excluding ortho intramolecular Hbond substituents is 1. The molecule has 0 heterocycles. The van der Waals surface area contributed by atoms with E-state index < -0.39 is 127 Å². The minimum Gasteiger partial charge on any atom is -0.507 e. The fourth-order valence-electron chi connectivity index (χ4n) is 5.33. The van der Waals surface area contributed by atoms with Crippen molar-refractivity contribution < 1.29 is 74.4 Å². The molecule has 0 aromatic heterocycles. The Hall–Kier alpha value is -4.27. The molecule has 0 atom stereocenters. The number of aromatic hydroxyl groups is 1. The number of benzene rings is 5. The van der Waals surface area contributed by atoms with Crippen molar-refractivity contribution in [2.75, 3.05) is 17.7 Å². The van der Waals surface area contributed by atoms with Crippen molar-refractivity contribution in [2.45, 2.75) is 19.6 Å². The SMILES string of the molecule is O=C(Nc1cc(S(=O)(=O)O)cc2cc(S(=O)(=O)O)c(-c3ccc4cc(S(=O)(=O)CCOS(=O)(=O)O)ccc4c3S(=O)(=O)O)c(O)c12)c1ccccc1Cl. The molecule has 0 unspecified atom stereocenters. The van der Waals surface area contributed by atoms with E-state index >= 15 is 0 Å². The Balaban J connectivity index is 1.83. The zero-order chi connectivity index (χ0) is 39.5. The fourth-order valence-corrected chi connectivity index (χ4v) is 9.27. The summed E-state index contributed by atoms with van der Waals surface area (Å²) in [4.78, 5) is 9.43. The van der Waals surface area contributed by atoms with Gasteiger partial charge in [-0.3, -0.25) is 23.0 Å². The van der Waals surface area contributed by atoms with Gasteiger partial charge in [-0.2, -0.15) is 33.7 Å². The Morgan fingerprint density at radius 2 is 1.36 bits per heavy atom. The Morgan fingerprint density at radius 1 is 0.717 bits per heavy atom. The van der Waals surface area contributed by atoms with Gasteiger partial charge in [-0.1, -0.05) is 41.9 Å². The standard InChI is InChI=1S/C29H22ClNO17S5/c30-22-4-2-1-3-20(22)29(33)31-23-14-18(50(36,37)38)12-16-13-24(51(39,40)41)26(27(32)25(16)23)21-7-5-15-11-17(6-8-19(15)28(21)52(42,43)44)49(34,35)10-9-48-53(45,46)47/h1-8,11-14,32H,9-10H2,(H,31,33)(H,36,37,38)(H,39,40,41)(H,42,43,44)(H,45,46,47). The Labute approximate surface area is 305 Å². The van der Waals surface area contributed by atoms with Crippen LogP contribution in [0.25, 0.3) is 32.7 Å². The molecular weight excluding hydrogens is 830 g/mol. The number of anilines is 1. The average molecular weight is 852 g/mol. The van der Waals surface area contributed by atoms with Crippen molar-refractivity contribution in [3.05, 3.63) is 83.4 Å². The number of sulfone groups is 1. The number of hydrogen-bond donors (Lipinski definition) is 6. The molecular formula is C29H22ClNO17S5. The van der Waals surface area contributed by atoms with Crippen molar-refractivity contribution in [1.29, 1.82) is 0 Å². The minimum absolute atomic E-state index is 0.0739. The monoisotopic (exact) mass is 851 g/mol. The lowest BCUT2D eigenvalue weighted by Crippen LogP contribution is -2.15. The van der Waals surface area contributed by atoms with Crippen LogP contribution in [0.15, 0.2) is 92.4 Å². The van der Waals surface area contributed by atoms with E-state index in [2.05, 4.69) is 9.50 Å². The molecule has 0 bridgehead atoms. The summed E-state index contributed by atoms with van der Waals surface area (Å²) in [6, 6.07) is 11.9. The van der Waals surface area contributed by atoms with Crippen LogP contribution >= 0.6 is 11.6 Å². The maximum absolute atomic E-state index is 13.2. The predicted octanol–water partition coefficient (Wildman–Crippen LogP) is 3.60. The maximum Gasteiger partial charge on any atom is 0.397 e. The lowest BCUT2D eigenvalue weighted by atomic mass is 9.96. The van der Waals surface area contributed by atoms with Crippen LogP contribution in [0.4, 0.5) is 5.69 Å². The van der Waals surface area contributed by atoms with Crippen LogP contribution in [0, 0.1) is 0 Å². The van der Waals surface area contributed by atoms with Crippen molar-refractivity contribution >= 4 is 95.3 Å². The highest BCUT2D eigenvalue weighted by atomic mass is 35.5. The minimum atomic E-state index is -5.49. The highest BCUT2D eigenvalue weighted by Gasteiger charge is 2.31. The van der Waals surface area contributed by atoms with Crippen LogP contribution in [-0.4, -0.2) is 83.7 Å². The quantitative estimate of drug-likeness (QED) is 0.103. The largest absolute Gasteiger partial charge is 0.507 e. The summed E-state index contributed by atoms with van der Waals surface area (Å²) in [5.41, 5.74) is -2.56. The van der Waals surface area contributed by atoms with Gasteiger partial charge in [0.25, 0.3) is 36.3 Å². The van der Waals surface area contributed by atoms with Crippen LogP contribution in [0.3, 0.4) is 0 Å². The second-order valence-electron chi connectivity index (χ2n) is 10.9. The molecule has 0 saturated carbocycles. The molecule has 18 nitrogen and oxygen atoms in total. The molecule has 1 amide bonds. The Morgan fingerprint density at radius 3 is 1.94 bits per heavy atom. The van der Waals surface area contributed by atoms with Gasteiger partial charge in [-0.15, -0.1) is 0 Å². The molecule has 282 valence electrons. The van der Waals surface area contributed by atoms with Crippen molar-refractivity contribution in [3.8, 4) is 16.9 Å². The summed E-state index contributed by atoms with van der Waals surface area (Å²) in [6.45, 7) is -0.999. The molecule has 0 aliphatic rings. The molecule has 5 aromatic rings. The van der Waals surface area contributed by atoms with Gasteiger partial charge in [0.1, 0.15) is 15.5 Å². The van der Waals surface area contributed by atoms with Gasteiger partial charge in [-0.05, 0) is 53.2 Å². The summed E-state index contributed by atoms with van der Waals surface area (Å²) in [5.74, 6) is -3.17. The van der Waals surface area contributed by atoms with E-state index in [9.17, 15) is 65.6 Å². The topological polar surface area (TPSA) is 310 Å². The van der Waals surface area contributed by atoms with Gasteiger partial charge < -0.3 is 10.4 Å². The number of fused-ring (bicyclic) bond motifs is 2. The van der Waals surface area contributed by atoms with E-state index in [0.717, 1.165) is 30.3 Å². The van der Waals surface area contributed by atoms with E-state index in [1.165, 1.54) is 24.3 Å². The first-order valence-electron chi connectivity index (χ1n) is 14.0. The molecule has 0 radical (unpaired) electrons. The molecule has 6 N–H and O–H groups in total. The average Bonchev–Trinajstić information content (AvgIpc) is 3.01. The first-order chi connectivity index (χ1) is 24.3. The van der Waals surface area contributed by atoms with Crippen LogP contribution < -0.4 is 5.32 Å². The third-order valence-electron chi connectivity index (χ3n) is 7.50. The second kappa shape index (κ2) is 13.9. The van der Waals surface area contributed by atoms with Gasteiger partial charge in [-0.25, -0.2) is 12.6 Å². The third-order valence-corrected chi connectivity index (χ3v) is 12.6. The number of phenols is 1. The molecule has 0 aliphatic heterocycles. The lowest BCUT2D eigenvalue weighted by molar-refractivity contribution is 0.102. The van der Waals surface area contributed by atoms with E-state index in [4.69, 9.17) is 16.2 Å². The first-order valence-corrected chi connectivity index (χ1v) is 21.7. The van der Waals surface area contributed by atoms with Gasteiger partial charge >= 0.3 is 10.4 Å². The number of nitrogens with one attached hydrogen (secondary N) is 1. The number of carbonyl (C=O) groups is 1. The highest BCUT2D eigenvalue weighted by molar-refractivity contribution is 7.91. The summed E-state index contributed by atoms with van der Waals surface area (Å²) in [5, 5.41) is 12.2. The van der Waals surface area contributed by atoms with Gasteiger partial charge in [0, 0.05) is 21.9 Å². The summed E-state index contributed by atoms with van der Waals surface area (Å²) < 4.78 is 166. The Kier molecular flexibility index (Phi) is 10.4. The highest BCUT2D eigenvalue weighted by Crippen LogP contribution is 2.48. The predicted molar refractivity (Wildman–Crippen MR) is 187 cm³/mol. The van der Waals surface area contributed by atoms with Gasteiger partial charge in [0.2, 0.25) is 0 Å². The molecule has 0 aliphatic carbocycles. The van der Waals surface area contributed by atoms with E-state index in [0.29, 0.717) is 18.2 Å². The maximum atomic E-state index is 13.2. The lowest BCUT2D eigenvalue weighted by Gasteiger charge is -2.19. The number of amides is 1. The third kappa shape index (κ3) is 8.44. The molecule has 0 spiro atoms. The number of halogens is 1. The summed E-state index contributed by atoms with van der Waals surface area (Å²) >= 11 is 6.10. The van der Waals surface area contributed by atoms with E-state index in [1.54, 1.807) is 0 Å². The first kappa shape index (κ1) is 39.9. The van der Waals surface area contributed by atoms with E-state index in [-0.39, 0.29) is 16.0 Å². The smallest absolute Gasteiger partial charge is 0.397 e. The molecule has 5 rings (SSSR count). The second-order valence-corrected chi connectivity index (χ2v) is 18.7. The normalized spacial score (nSPS) is 13.0. The van der Waals surface area contributed by atoms with Crippen molar-refractivity contribution in [3.63, 3.8) is 0 Å². The molecule has 53 heavy (non-hydrogen) atoms. The molecule has 24 heteroatoms. The number of rotatable bonds is 11. The van der Waals surface area contributed by atoms with Crippen LogP contribution in [0.5, 0.6) is 5.75 Å². The zero-order valence-electron chi connectivity index (χ0n) is 25.9. The molecule has 5 aromatic carbocycles. The van der Waals surface area contributed by atoms with Crippen LogP contribution in [0.2, 0.25) is 5.02 Å². The van der Waals surface area contributed by atoms with Crippen molar-refractivity contribution in [2.24, 2.45) is 0 Å². The number of carbonyl (C=O) groups excluding carboxylic acids is 1. The van der Waals surface area contributed by atoms with Gasteiger partial charge in [0.05, 0.1) is 38.4 Å². The zero-order valence-corrected chi connectivity index (χ0v) is 30.7. The molecule has 0 fully saturated rings. The fraction of sp³-hybridized carbons (Fsp3) is 0.0690. The number of hydrogen-bond acceptors (Lipinski definition) is 13.